The van der Waals surface area contributed by atoms with Crippen LogP contribution in [0.25, 0.3) is 0 Å². The van der Waals surface area contributed by atoms with Gasteiger partial charge in [0.05, 0.1) is 0 Å². The average Bonchev–Trinajstić information content (AvgIpc) is 2.41. The van der Waals surface area contributed by atoms with E-state index in [1.165, 1.54) is 38.5 Å². The minimum absolute atomic E-state index is 0.803. The largest absolute Gasteiger partial charge is 0.0587 e. The van der Waals surface area contributed by atoms with Crippen molar-refractivity contribution in [3.05, 3.63) is 69.8 Å². The first kappa shape index (κ1) is 11.1. The Bertz CT molecular complexity index is 634. The van der Waals surface area contributed by atoms with Gasteiger partial charge in [0, 0.05) is 0 Å². The normalized spacial score (nSPS) is 25.8. The highest BCUT2D eigenvalue weighted by atomic mass is 14.4. The predicted molar refractivity (Wildman–Crippen MR) is 82.4 cm³/mol. The first-order valence-corrected chi connectivity index (χ1v) is 8.12. The molecule has 0 saturated heterocycles. The number of hydrogen-bond acceptors (Lipinski definition) is 0. The second-order valence-corrected chi connectivity index (χ2v) is 6.86. The fourth-order valence-corrected chi connectivity index (χ4v) is 4.55. The van der Waals surface area contributed by atoms with E-state index in [1.54, 1.807) is 33.4 Å². The van der Waals surface area contributed by atoms with Gasteiger partial charge >= 0.3 is 0 Å². The summed E-state index contributed by atoms with van der Waals surface area (Å²) in [6.45, 7) is 0. The molecular formula is C20H20. The van der Waals surface area contributed by atoms with E-state index in [4.69, 9.17) is 0 Å². The summed E-state index contributed by atoms with van der Waals surface area (Å²) in [5.74, 6) is 1.61. The fourth-order valence-electron chi connectivity index (χ4n) is 4.55. The Morgan fingerprint density at radius 3 is 1.55 bits per heavy atom. The molecule has 0 aromatic heterocycles. The Kier molecular flexibility index (Phi) is 2.21. The molecule has 4 bridgehead atoms. The summed E-state index contributed by atoms with van der Waals surface area (Å²) in [4.78, 5) is 0. The van der Waals surface area contributed by atoms with E-state index in [9.17, 15) is 0 Å². The Morgan fingerprint density at radius 2 is 1.10 bits per heavy atom. The molecule has 1 fully saturated rings. The van der Waals surface area contributed by atoms with Gasteiger partial charge in [0.2, 0.25) is 0 Å². The summed E-state index contributed by atoms with van der Waals surface area (Å²) in [6, 6.07) is 14.7. The molecular weight excluding hydrogens is 240 g/mol. The predicted octanol–water partition coefficient (Wildman–Crippen LogP) is 4.55. The van der Waals surface area contributed by atoms with E-state index in [-0.39, 0.29) is 0 Å². The van der Waals surface area contributed by atoms with Crippen LogP contribution in [0, 0.1) is 0 Å². The van der Waals surface area contributed by atoms with Crippen molar-refractivity contribution in [1.82, 2.24) is 0 Å². The molecule has 2 atom stereocenters. The minimum Gasteiger partial charge on any atom is -0.0587 e. The molecule has 2 aromatic rings. The van der Waals surface area contributed by atoms with Gasteiger partial charge in [-0.2, -0.15) is 0 Å². The van der Waals surface area contributed by atoms with Gasteiger partial charge < -0.3 is 0 Å². The second-order valence-electron chi connectivity index (χ2n) is 6.86. The summed E-state index contributed by atoms with van der Waals surface area (Å²) >= 11 is 0. The molecule has 0 radical (unpaired) electrons. The van der Waals surface area contributed by atoms with Crippen molar-refractivity contribution < 1.29 is 0 Å². The standard InChI is InChI=1S/C20H20/c1-2-14-4-6-16-8-7-15-5-3-13(1)11-19(15)17-9-10-18(17)20(16)12-14/h3-6,11-12,17-18H,1-2,7-10H2/t17-,18+. The van der Waals surface area contributed by atoms with Gasteiger partial charge in [-0.15, -0.1) is 0 Å². The first-order valence-electron chi connectivity index (χ1n) is 8.12. The highest BCUT2D eigenvalue weighted by Crippen LogP contribution is 2.52. The van der Waals surface area contributed by atoms with Crippen LogP contribution < -0.4 is 0 Å². The third-order valence-electron chi connectivity index (χ3n) is 5.86. The van der Waals surface area contributed by atoms with Crippen LogP contribution in [0.5, 0.6) is 0 Å². The third-order valence-corrected chi connectivity index (χ3v) is 5.86. The topological polar surface area (TPSA) is 0 Å². The third kappa shape index (κ3) is 1.48. The zero-order valence-corrected chi connectivity index (χ0v) is 11.9. The highest BCUT2D eigenvalue weighted by Gasteiger charge is 2.37. The zero-order valence-electron chi connectivity index (χ0n) is 11.9. The minimum atomic E-state index is 0.803. The average molecular weight is 260 g/mol. The number of rotatable bonds is 0. The van der Waals surface area contributed by atoms with Crippen molar-refractivity contribution in [3.8, 4) is 0 Å². The van der Waals surface area contributed by atoms with E-state index < -0.39 is 0 Å². The SMILES string of the molecule is c1cc2c3cc1CCc1ccc(c(c1)[C@@H]1CC[C@H]31)CC2. The van der Waals surface area contributed by atoms with Crippen LogP contribution in [0.4, 0.5) is 0 Å². The lowest BCUT2D eigenvalue weighted by molar-refractivity contribution is 0.339. The van der Waals surface area contributed by atoms with Crippen LogP contribution in [0.15, 0.2) is 36.4 Å². The maximum absolute atomic E-state index is 2.54. The molecule has 2 aromatic carbocycles. The number of benzene rings is 2. The smallest absolute Gasteiger partial charge is 0.00899 e. The number of hydrogen-bond donors (Lipinski definition) is 0. The van der Waals surface area contributed by atoms with E-state index in [1.807, 2.05) is 0 Å². The van der Waals surface area contributed by atoms with Crippen molar-refractivity contribution in [2.45, 2.75) is 50.4 Å². The van der Waals surface area contributed by atoms with Gasteiger partial charge in [0.1, 0.15) is 0 Å². The Balaban J connectivity index is 1.80. The Hall–Kier alpha value is -1.56. The molecule has 0 heteroatoms. The van der Waals surface area contributed by atoms with Gasteiger partial charge in [-0.1, -0.05) is 36.4 Å². The highest BCUT2D eigenvalue weighted by molar-refractivity contribution is 5.46. The number of aryl methyl sites for hydroxylation is 4. The van der Waals surface area contributed by atoms with Gasteiger partial charge in [-0.3, -0.25) is 0 Å². The van der Waals surface area contributed by atoms with Crippen LogP contribution >= 0.6 is 0 Å². The summed E-state index contributed by atoms with van der Waals surface area (Å²) in [5, 5.41) is 0. The van der Waals surface area contributed by atoms with Crippen molar-refractivity contribution in [3.63, 3.8) is 0 Å². The zero-order chi connectivity index (χ0) is 13.1. The van der Waals surface area contributed by atoms with E-state index in [2.05, 4.69) is 36.4 Å². The first-order chi connectivity index (χ1) is 9.88. The summed E-state index contributed by atoms with van der Waals surface area (Å²) in [5.41, 5.74) is 9.72. The van der Waals surface area contributed by atoms with Crippen LogP contribution in [0.1, 0.15) is 58.1 Å². The molecule has 20 heavy (non-hydrogen) atoms. The van der Waals surface area contributed by atoms with E-state index >= 15 is 0 Å². The lowest BCUT2D eigenvalue weighted by atomic mass is 9.63. The molecule has 0 nitrogen and oxygen atoms in total. The van der Waals surface area contributed by atoms with Gasteiger partial charge in [-0.25, -0.2) is 0 Å². The van der Waals surface area contributed by atoms with Gasteiger partial charge in [0.15, 0.2) is 0 Å². The van der Waals surface area contributed by atoms with Crippen molar-refractivity contribution in [1.29, 1.82) is 0 Å². The fraction of sp³-hybridized carbons (Fsp3) is 0.400. The second kappa shape index (κ2) is 3.97. The summed E-state index contributed by atoms with van der Waals surface area (Å²) < 4.78 is 0. The van der Waals surface area contributed by atoms with Crippen molar-refractivity contribution >= 4 is 0 Å². The molecule has 5 rings (SSSR count). The van der Waals surface area contributed by atoms with E-state index in [0.29, 0.717) is 0 Å². The molecule has 1 saturated carbocycles. The lowest BCUT2D eigenvalue weighted by Crippen LogP contribution is -2.26. The maximum atomic E-state index is 2.54. The quantitative estimate of drug-likeness (QED) is 0.652. The molecule has 0 spiro atoms. The summed E-state index contributed by atoms with van der Waals surface area (Å²) in [7, 11) is 0. The van der Waals surface area contributed by atoms with Gasteiger partial charge in [0.25, 0.3) is 0 Å². The summed E-state index contributed by atoms with van der Waals surface area (Å²) in [6.07, 6.45) is 7.64. The van der Waals surface area contributed by atoms with Crippen molar-refractivity contribution in [2.24, 2.45) is 0 Å². The molecule has 3 aliphatic rings. The Morgan fingerprint density at radius 1 is 0.600 bits per heavy atom. The molecule has 0 unspecified atom stereocenters. The van der Waals surface area contributed by atoms with E-state index in [0.717, 1.165) is 11.8 Å². The van der Waals surface area contributed by atoms with Crippen LogP contribution in [0.3, 0.4) is 0 Å². The van der Waals surface area contributed by atoms with Gasteiger partial charge in [-0.05, 0) is 83.7 Å². The monoisotopic (exact) mass is 260 g/mol. The molecule has 0 N–H and O–H groups in total. The number of fused-ring (bicyclic) bond motifs is 2. The van der Waals surface area contributed by atoms with Crippen LogP contribution in [-0.2, 0) is 25.7 Å². The van der Waals surface area contributed by atoms with Crippen molar-refractivity contribution in [2.75, 3.05) is 0 Å². The lowest BCUT2D eigenvalue weighted by Gasteiger charge is -2.41. The Labute approximate surface area is 120 Å². The molecule has 3 aliphatic carbocycles. The molecule has 0 aliphatic heterocycles. The molecule has 0 amide bonds. The molecule has 100 valence electrons. The van der Waals surface area contributed by atoms with Crippen LogP contribution in [-0.4, -0.2) is 0 Å². The van der Waals surface area contributed by atoms with Crippen LogP contribution in [0.2, 0.25) is 0 Å². The maximum Gasteiger partial charge on any atom is -0.00899 e. The molecule has 0 heterocycles.